The number of carbonyl (C=O) groups is 2. The predicted octanol–water partition coefficient (Wildman–Crippen LogP) is 3.87. The summed E-state index contributed by atoms with van der Waals surface area (Å²) in [6.07, 6.45) is -4.47. The van der Waals surface area contributed by atoms with Crippen molar-refractivity contribution in [1.82, 2.24) is 4.90 Å². The fourth-order valence-electron chi connectivity index (χ4n) is 3.31. The van der Waals surface area contributed by atoms with E-state index in [1.807, 2.05) is 0 Å². The molecule has 1 aliphatic heterocycles. The normalized spacial score (nSPS) is 16.6. The van der Waals surface area contributed by atoms with Crippen LogP contribution in [0, 0.1) is 17.1 Å². The van der Waals surface area contributed by atoms with Crippen molar-refractivity contribution in [3.05, 3.63) is 65.0 Å². The van der Waals surface area contributed by atoms with E-state index >= 15 is 0 Å². The van der Waals surface area contributed by atoms with Crippen molar-refractivity contribution >= 4 is 17.5 Å². The number of halogens is 4. The molecule has 0 atom stereocenters. The molecule has 0 radical (unpaired) electrons. The molecule has 0 N–H and O–H groups in total. The van der Waals surface area contributed by atoms with Crippen molar-refractivity contribution in [3.8, 4) is 6.07 Å². The van der Waals surface area contributed by atoms with Gasteiger partial charge in [-0.3, -0.25) is 14.5 Å². The number of alkyl halides is 3. The Labute approximate surface area is 170 Å². The van der Waals surface area contributed by atoms with Crippen LogP contribution in [0.4, 0.5) is 23.2 Å². The average molecular weight is 419 g/mol. The molecule has 156 valence electrons. The van der Waals surface area contributed by atoms with Gasteiger partial charge in [0.2, 0.25) is 5.91 Å². The Hall–Kier alpha value is -3.41. The highest BCUT2D eigenvalue weighted by Gasteiger charge is 2.46. The van der Waals surface area contributed by atoms with E-state index in [4.69, 9.17) is 5.26 Å². The second-order valence-corrected chi connectivity index (χ2v) is 7.40. The van der Waals surface area contributed by atoms with Crippen LogP contribution in [-0.2, 0) is 22.3 Å². The van der Waals surface area contributed by atoms with Gasteiger partial charge in [0.25, 0.3) is 5.91 Å². The number of carbonyl (C=O) groups excluding carboxylic acids is 2. The number of hydrogen-bond donors (Lipinski definition) is 0. The van der Waals surface area contributed by atoms with E-state index in [1.165, 1.54) is 43.0 Å². The Morgan fingerprint density at radius 2 is 1.73 bits per heavy atom. The molecule has 0 bridgehead atoms. The first kappa shape index (κ1) is 21.3. The average Bonchev–Trinajstić information content (AvgIpc) is 2.68. The molecule has 1 saturated heterocycles. The van der Waals surface area contributed by atoms with E-state index in [1.54, 1.807) is 6.07 Å². The molecule has 0 aliphatic carbocycles. The van der Waals surface area contributed by atoms with Crippen molar-refractivity contribution < 1.29 is 27.2 Å². The van der Waals surface area contributed by atoms with Gasteiger partial charge in [-0.25, -0.2) is 4.39 Å². The number of amides is 2. The monoisotopic (exact) mass is 419 g/mol. The van der Waals surface area contributed by atoms with Gasteiger partial charge in [-0.1, -0.05) is 12.1 Å². The summed E-state index contributed by atoms with van der Waals surface area (Å²) >= 11 is 0. The number of piperazine rings is 1. The highest BCUT2D eigenvalue weighted by molar-refractivity contribution is 6.08. The van der Waals surface area contributed by atoms with Crippen LogP contribution in [-0.4, -0.2) is 28.8 Å². The van der Waals surface area contributed by atoms with Gasteiger partial charge in [0.05, 0.1) is 22.9 Å². The minimum Gasteiger partial charge on any atom is -0.323 e. The van der Waals surface area contributed by atoms with E-state index in [9.17, 15) is 27.2 Å². The molecule has 9 heteroatoms. The molecule has 2 amide bonds. The lowest BCUT2D eigenvalue weighted by Gasteiger charge is -2.45. The van der Waals surface area contributed by atoms with Crippen LogP contribution in [0.3, 0.4) is 0 Å². The van der Waals surface area contributed by atoms with Crippen LogP contribution >= 0.6 is 0 Å². The van der Waals surface area contributed by atoms with E-state index in [-0.39, 0.29) is 17.8 Å². The number of benzene rings is 2. The zero-order chi connectivity index (χ0) is 22.3. The van der Waals surface area contributed by atoms with E-state index in [2.05, 4.69) is 0 Å². The van der Waals surface area contributed by atoms with Crippen LogP contribution < -0.4 is 4.90 Å². The summed E-state index contributed by atoms with van der Waals surface area (Å²) in [4.78, 5) is 28.1. The minimum absolute atomic E-state index is 0.0700. The van der Waals surface area contributed by atoms with Crippen molar-refractivity contribution in [1.29, 1.82) is 5.26 Å². The molecular formula is C21H17F4N3O2. The van der Waals surface area contributed by atoms with Crippen molar-refractivity contribution in [2.75, 3.05) is 11.4 Å². The van der Waals surface area contributed by atoms with Crippen LogP contribution in [0.2, 0.25) is 0 Å². The highest BCUT2D eigenvalue weighted by Crippen LogP contribution is 2.32. The molecule has 1 fully saturated rings. The van der Waals surface area contributed by atoms with E-state index in [0.717, 1.165) is 23.1 Å². The third-order valence-corrected chi connectivity index (χ3v) is 5.03. The lowest BCUT2D eigenvalue weighted by molar-refractivity contribution is -0.149. The molecule has 0 saturated carbocycles. The third-order valence-electron chi connectivity index (χ3n) is 5.03. The Balaban J connectivity index is 1.86. The van der Waals surface area contributed by atoms with Crippen LogP contribution in [0.25, 0.3) is 0 Å². The molecule has 0 aromatic heterocycles. The Bertz CT molecular complexity index is 1040. The number of nitrogens with zero attached hydrogens (tertiary/aromatic N) is 3. The van der Waals surface area contributed by atoms with Gasteiger partial charge in [-0.15, -0.1) is 0 Å². The van der Waals surface area contributed by atoms with E-state index < -0.39 is 41.5 Å². The zero-order valence-electron chi connectivity index (χ0n) is 16.1. The first-order valence-corrected chi connectivity index (χ1v) is 8.93. The molecule has 3 rings (SSSR count). The van der Waals surface area contributed by atoms with Gasteiger partial charge in [0, 0.05) is 6.54 Å². The first-order chi connectivity index (χ1) is 13.9. The van der Waals surface area contributed by atoms with Gasteiger partial charge in [0.1, 0.15) is 17.9 Å². The maximum absolute atomic E-state index is 14.4. The van der Waals surface area contributed by atoms with Gasteiger partial charge in [0.15, 0.2) is 0 Å². The van der Waals surface area contributed by atoms with Crippen molar-refractivity contribution in [2.24, 2.45) is 0 Å². The topological polar surface area (TPSA) is 64.4 Å². The standard InChI is InChI=1S/C21H17F4N3O2/c1-20(2)19(30)27(17-8-5-14(10-26)9-16(17)22)12-18(29)28(20)11-13-3-6-15(7-4-13)21(23,24)25/h3-9H,11-12H2,1-2H3. The Morgan fingerprint density at radius 3 is 2.27 bits per heavy atom. The molecule has 5 nitrogen and oxygen atoms in total. The largest absolute Gasteiger partial charge is 0.416 e. The third kappa shape index (κ3) is 3.85. The smallest absolute Gasteiger partial charge is 0.323 e. The Kier molecular flexibility index (Phi) is 5.29. The second kappa shape index (κ2) is 7.44. The number of rotatable bonds is 3. The van der Waals surface area contributed by atoms with Gasteiger partial charge >= 0.3 is 6.18 Å². The highest BCUT2D eigenvalue weighted by atomic mass is 19.4. The maximum Gasteiger partial charge on any atom is 0.416 e. The summed E-state index contributed by atoms with van der Waals surface area (Å²) in [6.45, 7) is 2.49. The maximum atomic E-state index is 14.4. The van der Waals surface area contributed by atoms with Crippen LogP contribution in [0.5, 0.6) is 0 Å². The predicted molar refractivity (Wildman–Crippen MR) is 99.5 cm³/mol. The summed E-state index contributed by atoms with van der Waals surface area (Å²) in [7, 11) is 0. The molecule has 1 heterocycles. The summed E-state index contributed by atoms with van der Waals surface area (Å²) in [5.41, 5.74) is -1.78. The number of nitriles is 1. The lowest BCUT2D eigenvalue weighted by Crippen LogP contribution is -2.65. The molecule has 0 unspecified atom stereocenters. The molecule has 1 aliphatic rings. The summed E-state index contributed by atoms with van der Waals surface area (Å²) in [5, 5.41) is 8.86. The van der Waals surface area contributed by atoms with Crippen LogP contribution in [0.1, 0.15) is 30.5 Å². The molecule has 30 heavy (non-hydrogen) atoms. The van der Waals surface area contributed by atoms with Gasteiger partial charge in [-0.2, -0.15) is 18.4 Å². The van der Waals surface area contributed by atoms with Crippen LogP contribution in [0.15, 0.2) is 42.5 Å². The molecule has 2 aromatic rings. The minimum atomic E-state index is -4.47. The van der Waals surface area contributed by atoms with Gasteiger partial charge < -0.3 is 4.90 Å². The fourth-order valence-corrected chi connectivity index (χ4v) is 3.31. The Morgan fingerprint density at radius 1 is 1.10 bits per heavy atom. The first-order valence-electron chi connectivity index (χ1n) is 8.93. The van der Waals surface area contributed by atoms with E-state index in [0.29, 0.717) is 5.56 Å². The van der Waals surface area contributed by atoms with Crippen molar-refractivity contribution in [2.45, 2.75) is 32.1 Å². The quantitative estimate of drug-likeness (QED) is 0.710. The summed E-state index contributed by atoms with van der Waals surface area (Å²) < 4.78 is 52.6. The van der Waals surface area contributed by atoms with Crippen molar-refractivity contribution in [3.63, 3.8) is 0 Å². The molecule has 2 aromatic carbocycles. The second-order valence-electron chi connectivity index (χ2n) is 7.40. The number of hydrogen-bond acceptors (Lipinski definition) is 3. The van der Waals surface area contributed by atoms with Gasteiger partial charge in [-0.05, 0) is 49.7 Å². The molecule has 0 spiro atoms. The SMILES string of the molecule is CC1(C)C(=O)N(c2ccc(C#N)cc2F)CC(=O)N1Cc1ccc(C(F)(F)F)cc1. The molecular weight excluding hydrogens is 402 g/mol. The summed E-state index contributed by atoms with van der Waals surface area (Å²) in [6, 6.07) is 9.72. The fraction of sp³-hybridized carbons (Fsp3) is 0.286. The zero-order valence-corrected chi connectivity index (χ0v) is 16.1. The summed E-state index contributed by atoms with van der Waals surface area (Å²) in [5.74, 6) is -1.83. The number of anilines is 1. The lowest BCUT2D eigenvalue weighted by atomic mass is 9.95.